The largest absolute Gasteiger partial charge is 0.461 e. The van der Waals surface area contributed by atoms with Crippen LogP contribution in [-0.2, 0) is 17.0 Å². The van der Waals surface area contributed by atoms with Crippen LogP contribution >= 0.6 is 11.8 Å². The van der Waals surface area contributed by atoms with Gasteiger partial charge in [-0.1, -0.05) is 30.8 Å². The van der Waals surface area contributed by atoms with E-state index < -0.39 is 0 Å². The van der Waals surface area contributed by atoms with Gasteiger partial charge in [0.05, 0.1) is 25.2 Å². The molecule has 0 amide bonds. The summed E-state index contributed by atoms with van der Waals surface area (Å²) in [7, 11) is 0. The van der Waals surface area contributed by atoms with Crippen LogP contribution < -0.4 is 4.90 Å². The van der Waals surface area contributed by atoms with Gasteiger partial charge in [-0.05, 0) is 18.1 Å². The van der Waals surface area contributed by atoms with E-state index in [1.54, 1.807) is 18.0 Å². The molecular formula is C18H23N5O3S. The lowest BCUT2D eigenvalue weighted by Crippen LogP contribution is -2.38. The Morgan fingerprint density at radius 2 is 2.04 bits per heavy atom. The maximum Gasteiger partial charge on any atom is 0.228 e. The van der Waals surface area contributed by atoms with Gasteiger partial charge in [0, 0.05) is 31.5 Å². The third kappa shape index (κ3) is 4.19. The predicted molar refractivity (Wildman–Crippen MR) is 102 cm³/mol. The van der Waals surface area contributed by atoms with Crippen molar-refractivity contribution in [2.45, 2.75) is 31.3 Å². The standard InChI is InChI=1S/C18H23N5O3S/c1-13(2)11-23-17(22-5-8-24-9-6-22)19-20-18(23)27-12-14-10-16(26-21-14)15-4-3-7-25-15/h3-4,7,10,13H,5-6,8-9,11-12H2,1-2H3. The molecular weight excluding hydrogens is 366 g/mol. The average molecular weight is 389 g/mol. The van der Waals surface area contributed by atoms with Gasteiger partial charge in [0.15, 0.2) is 10.9 Å². The Balaban J connectivity index is 1.48. The minimum Gasteiger partial charge on any atom is -0.461 e. The Morgan fingerprint density at radius 3 is 2.78 bits per heavy atom. The fraction of sp³-hybridized carbons (Fsp3) is 0.500. The quantitative estimate of drug-likeness (QED) is 0.569. The summed E-state index contributed by atoms with van der Waals surface area (Å²) >= 11 is 1.62. The summed E-state index contributed by atoms with van der Waals surface area (Å²) in [6.45, 7) is 8.42. The van der Waals surface area contributed by atoms with Crippen LogP contribution in [0, 0.1) is 5.92 Å². The van der Waals surface area contributed by atoms with E-state index in [0.717, 1.165) is 49.6 Å². The van der Waals surface area contributed by atoms with E-state index in [2.05, 4.69) is 38.7 Å². The molecule has 9 heteroatoms. The van der Waals surface area contributed by atoms with E-state index in [0.29, 0.717) is 23.2 Å². The highest BCUT2D eigenvalue weighted by atomic mass is 32.2. The molecule has 3 aromatic rings. The van der Waals surface area contributed by atoms with Crippen LogP contribution in [0.15, 0.2) is 38.6 Å². The van der Waals surface area contributed by atoms with Crippen LogP contribution in [0.3, 0.4) is 0 Å². The van der Waals surface area contributed by atoms with E-state index in [-0.39, 0.29) is 0 Å². The normalized spacial score (nSPS) is 15.0. The van der Waals surface area contributed by atoms with Crippen LogP contribution in [-0.4, -0.2) is 46.2 Å². The van der Waals surface area contributed by atoms with Crippen molar-refractivity contribution < 1.29 is 13.7 Å². The molecule has 1 fully saturated rings. The van der Waals surface area contributed by atoms with Crippen molar-refractivity contribution in [3.63, 3.8) is 0 Å². The lowest BCUT2D eigenvalue weighted by atomic mass is 10.2. The highest BCUT2D eigenvalue weighted by Gasteiger charge is 2.21. The third-order valence-corrected chi connectivity index (χ3v) is 5.21. The molecule has 0 unspecified atom stereocenters. The second-order valence-electron chi connectivity index (χ2n) is 6.83. The van der Waals surface area contributed by atoms with E-state index in [1.807, 2.05) is 18.2 Å². The molecule has 1 aliphatic heterocycles. The molecule has 0 N–H and O–H groups in total. The smallest absolute Gasteiger partial charge is 0.228 e. The third-order valence-electron chi connectivity index (χ3n) is 4.21. The van der Waals surface area contributed by atoms with E-state index >= 15 is 0 Å². The molecule has 27 heavy (non-hydrogen) atoms. The predicted octanol–water partition coefficient (Wildman–Crippen LogP) is 3.31. The van der Waals surface area contributed by atoms with Gasteiger partial charge in [-0.25, -0.2) is 0 Å². The number of morpholine rings is 1. The van der Waals surface area contributed by atoms with Crippen molar-refractivity contribution in [1.29, 1.82) is 0 Å². The number of nitrogens with zero attached hydrogens (tertiary/aromatic N) is 5. The van der Waals surface area contributed by atoms with Crippen LogP contribution in [0.25, 0.3) is 11.5 Å². The number of thioether (sulfide) groups is 1. The van der Waals surface area contributed by atoms with Crippen molar-refractivity contribution >= 4 is 17.7 Å². The van der Waals surface area contributed by atoms with Gasteiger partial charge in [-0.3, -0.25) is 4.57 Å². The van der Waals surface area contributed by atoms with Crippen LogP contribution in [0.5, 0.6) is 0 Å². The maximum atomic E-state index is 5.46. The van der Waals surface area contributed by atoms with Gasteiger partial charge in [0.1, 0.15) is 0 Å². The Labute approximate surface area is 161 Å². The molecule has 1 saturated heterocycles. The summed E-state index contributed by atoms with van der Waals surface area (Å²) in [5.74, 6) is 3.39. The molecule has 0 saturated carbocycles. The van der Waals surface area contributed by atoms with Gasteiger partial charge < -0.3 is 18.6 Å². The lowest BCUT2D eigenvalue weighted by Gasteiger charge is -2.28. The molecule has 1 aliphatic rings. The summed E-state index contributed by atoms with van der Waals surface area (Å²) in [5.41, 5.74) is 0.846. The number of anilines is 1. The summed E-state index contributed by atoms with van der Waals surface area (Å²) in [6, 6.07) is 5.58. The molecule has 0 aliphatic carbocycles. The second-order valence-corrected chi connectivity index (χ2v) is 7.78. The van der Waals surface area contributed by atoms with Crippen molar-refractivity contribution in [3.8, 4) is 11.5 Å². The number of hydrogen-bond acceptors (Lipinski definition) is 8. The Kier molecular flexibility index (Phi) is 5.49. The van der Waals surface area contributed by atoms with Crippen LogP contribution in [0.1, 0.15) is 19.5 Å². The molecule has 4 rings (SSSR count). The second kappa shape index (κ2) is 8.18. The number of furan rings is 1. The molecule has 0 spiro atoms. The molecule has 3 aromatic heterocycles. The van der Waals surface area contributed by atoms with Gasteiger partial charge in [0.25, 0.3) is 0 Å². The number of hydrogen-bond donors (Lipinski definition) is 0. The van der Waals surface area contributed by atoms with Gasteiger partial charge >= 0.3 is 0 Å². The number of rotatable bonds is 7. The van der Waals surface area contributed by atoms with Crippen molar-refractivity contribution in [3.05, 3.63) is 30.2 Å². The SMILES string of the molecule is CC(C)Cn1c(SCc2cc(-c3ccco3)on2)nnc1N1CCOCC1. The summed E-state index contributed by atoms with van der Waals surface area (Å²) in [6.07, 6.45) is 1.62. The Hall–Kier alpha value is -2.26. The topological polar surface area (TPSA) is 82.3 Å². The van der Waals surface area contributed by atoms with Crippen LogP contribution in [0.4, 0.5) is 5.95 Å². The van der Waals surface area contributed by atoms with Gasteiger partial charge in [-0.2, -0.15) is 0 Å². The zero-order valence-electron chi connectivity index (χ0n) is 15.5. The molecule has 0 bridgehead atoms. The zero-order valence-corrected chi connectivity index (χ0v) is 16.3. The minimum atomic E-state index is 0.498. The van der Waals surface area contributed by atoms with E-state index in [4.69, 9.17) is 13.7 Å². The molecule has 0 aromatic carbocycles. The number of ether oxygens (including phenoxy) is 1. The van der Waals surface area contributed by atoms with E-state index in [1.165, 1.54) is 0 Å². The first-order chi connectivity index (χ1) is 13.2. The fourth-order valence-corrected chi connectivity index (χ4v) is 3.79. The summed E-state index contributed by atoms with van der Waals surface area (Å²) < 4.78 is 18.4. The number of aromatic nitrogens is 4. The molecule has 0 atom stereocenters. The first kappa shape index (κ1) is 18.1. The van der Waals surface area contributed by atoms with Crippen molar-refractivity contribution in [2.75, 3.05) is 31.2 Å². The highest BCUT2D eigenvalue weighted by Crippen LogP contribution is 2.28. The highest BCUT2D eigenvalue weighted by molar-refractivity contribution is 7.98. The summed E-state index contributed by atoms with van der Waals surface area (Å²) in [5, 5.41) is 13.9. The average Bonchev–Trinajstić information content (AvgIpc) is 3.41. The summed E-state index contributed by atoms with van der Waals surface area (Å²) in [4.78, 5) is 2.24. The Morgan fingerprint density at radius 1 is 1.19 bits per heavy atom. The van der Waals surface area contributed by atoms with Crippen LogP contribution in [0.2, 0.25) is 0 Å². The first-order valence-corrected chi connectivity index (χ1v) is 10.1. The lowest BCUT2D eigenvalue weighted by molar-refractivity contribution is 0.121. The zero-order chi connectivity index (χ0) is 18.6. The molecule has 4 heterocycles. The molecule has 8 nitrogen and oxygen atoms in total. The van der Waals surface area contributed by atoms with Crippen molar-refractivity contribution in [1.82, 2.24) is 19.9 Å². The van der Waals surface area contributed by atoms with Crippen molar-refractivity contribution in [2.24, 2.45) is 5.92 Å². The molecule has 144 valence electrons. The maximum absolute atomic E-state index is 5.46. The van der Waals surface area contributed by atoms with Gasteiger partial charge in [-0.15, -0.1) is 10.2 Å². The monoisotopic (exact) mass is 389 g/mol. The van der Waals surface area contributed by atoms with E-state index in [9.17, 15) is 0 Å². The first-order valence-electron chi connectivity index (χ1n) is 9.09. The van der Waals surface area contributed by atoms with Gasteiger partial charge in [0.2, 0.25) is 11.7 Å². The molecule has 0 radical (unpaired) electrons. The Bertz CT molecular complexity index is 852. The fourth-order valence-electron chi connectivity index (χ4n) is 2.96. The minimum absolute atomic E-state index is 0.498.